The van der Waals surface area contributed by atoms with Crippen molar-refractivity contribution in [2.45, 2.75) is 26.7 Å². The van der Waals surface area contributed by atoms with E-state index in [1.54, 1.807) is 6.20 Å². The van der Waals surface area contributed by atoms with E-state index in [-0.39, 0.29) is 0 Å². The van der Waals surface area contributed by atoms with E-state index in [1.807, 2.05) is 6.07 Å². The Bertz CT molecular complexity index is 328. The Hall–Kier alpha value is -0.800. The van der Waals surface area contributed by atoms with Gasteiger partial charge in [-0.2, -0.15) is 0 Å². The molecule has 90 valence electrons. The molecule has 1 rings (SSSR count). The number of aromatic nitrogens is 1. The second kappa shape index (κ2) is 6.71. The van der Waals surface area contributed by atoms with E-state index >= 15 is 0 Å². The van der Waals surface area contributed by atoms with Gasteiger partial charge in [0.25, 0.3) is 0 Å². The van der Waals surface area contributed by atoms with Crippen molar-refractivity contribution < 1.29 is 0 Å². The Labute approximate surface area is 102 Å². The van der Waals surface area contributed by atoms with Crippen molar-refractivity contribution in [3.05, 3.63) is 22.8 Å². The van der Waals surface area contributed by atoms with E-state index in [2.05, 4.69) is 24.1 Å². The largest absolute Gasteiger partial charge is 0.383 e. The number of hydrogen-bond acceptors (Lipinski definition) is 3. The Morgan fingerprint density at radius 1 is 1.56 bits per heavy atom. The third-order valence-electron chi connectivity index (χ3n) is 2.46. The molecule has 0 amide bonds. The zero-order chi connectivity index (χ0) is 12.0. The summed E-state index contributed by atoms with van der Waals surface area (Å²) in [7, 11) is 0. The minimum atomic E-state index is 0.536. The molecule has 0 saturated carbocycles. The molecular weight excluding hydrogens is 222 g/mol. The molecule has 0 saturated heterocycles. The van der Waals surface area contributed by atoms with E-state index in [4.69, 9.17) is 17.3 Å². The van der Waals surface area contributed by atoms with Gasteiger partial charge in [-0.3, -0.25) is 0 Å². The number of rotatable bonds is 6. The molecule has 0 radical (unpaired) electrons. The van der Waals surface area contributed by atoms with Gasteiger partial charge < -0.3 is 11.1 Å². The molecule has 4 heteroatoms. The Morgan fingerprint density at radius 2 is 2.31 bits per heavy atom. The lowest BCUT2D eigenvalue weighted by atomic mass is 10.0. The Balaban J connectivity index is 2.48. The van der Waals surface area contributed by atoms with E-state index in [1.165, 1.54) is 0 Å². The van der Waals surface area contributed by atoms with E-state index in [0.717, 1.165) is 31.5 Å². The summed E-state index contributed by atoms with van der Waals surface area (Å²) in [5, 5.41) is 4.05. The predicted octanol–water partition coefficient (Wildman–Crippen LogP) is 2.50. The van der Waals surface area contributed by atoms with Crippen LogP contribution in [0.4, 0.5) is 5.82 Å². The standard InChI is InChI=1S/C12H20ClN3/c1-3-4-15-7-9(2)5-10-6-11(13)8-16-12(10)14/h6,8-9,15H,3-5,7H2,1-2H3,(H2,14,16). The van der Waals surface area contributed by atoms with Crippen LogP contribution in [0.15, 0.2) is 12.3 Å². The summed E-state index contributed by atoms with van der Waals surface area (Å²) in [5.41, 5.74) is 6.84. The highest BCUT2D eigenvalue weighted by Crippen LogP contribution is 2.18. The van der Waals surface area contributed by atoms with Crippen LogP contribution < -0.4 is 11.1 Å². The van der Waals surface area contributed by atoms with E-state index in [0.29, 0.717) is 16.8 Å². The van der Waals surface area contributed by atoms with Crippen LogP contribution in [0.3, 0.4) is 0 Å². The number of anilines is 1. The number of nitrogens with two attached hydrogens (primary N) is 1. The first-order valence-corrected chi connectivity index (χ1v) is 6.12. The highest BCUT2D eigenvalue weighted by molar-refractivity contribution is 6.30. The van der Waals surface area contributed by atoms with E-state index < -0.39 is 0 Å². The lowest BCUT2D eigenvalue weighted by molar-refractivity contribution is 0.511. The molecule has 1 atom stereocenters. The number of nitrogen functional groups attached to an aromatic ring is 1. The van der Waals surface area contributed by atoms with Crippen LogP contribution >= 0.6 is 11.6 Å². The Morgan fingerprint density at radius 3 is 3.00 bits per heavy atom. The van der Waals surface area contributed by atoms with Crippen molar-refractivity contribution in [1.82, 2.24) is 10.3 Å². The maximum atomic E-state index is 5.89. The van der Waals surface area contributed by atoms with Gasteiger partial charge in [0.05, 0.1) is 5.02 Å². The molecule has 3 N–H and O–H groups in total. The van der Waals surface area contributed by atoms with Crippen LogP contribution in [0, 0.1) is 5.92 Å². The molecule has 0 aliphatic carbocycles. The molecule has 1 aromatic heterocycles. The second-order valence-electron chi connectivity index (χ2n) is 4.21. The van der Waals surface area contributed by atoms with Crippen LogP contribution in [0.5, 0.6) is 0 Å². The molecule has 1 heterocycles. The molecule has 0 spiro atoms. The maximum Gasteiger partial charge on any atom is 0.126 e. The third-order valence-corrected chi connectivity index (χ3v) is 2.66. The number of nitrogens with zero attached hydrogens (tertiary/aromatic N) is 1. The van der Waals surface area contributed by atoms with Crippen molar-refractivity contribution in [3.8, 4) is 0 Å². The van der Waals surface area contributed by atoms with Crippen LogP contribution in [0.2, 0.25) is 5.02 Å². The van der Waals surface area contributed by atoms with Gasteiger partial charge in [-0.1, -0.05) is 25.4 Å². The quantitative estimate of drug-likeness (QED) is 0.753. The molecule has 0 aromatic carbocycles. The first kappa shape index (κ1) is 13.3. The molecule has 0 fully saturated rings. The normalized spacial score (nSPS) is 12.7. The number of pyridine rings is 1. The number of hydrogen-bond donors (Lipinski definition) is 2. The van der Waals surface area contributed by atoms with Crippen LogP contribution in [0.1, 0.15) is 25.8 Å². The zero-order valence-corrected chi connectivity index (χ0v) is 10.7. The highest BCUT2D eigenvalue weighted by Gasteiger charge is 2.07. The van der Waals surface area contributed by atoms with Gasteiger partial charge >= 0.3 is 0 Å². The van der Waals surface area contributed by atoms with Gasteiger partial charge in [0.15, 0.2) is 0 Å². The first-order valence-electron chi connectivity index (χ1n) is 5.74. The fraction of sp³-hybridized carbons (Fsp3) is 0.583. The maximum absolute atomic E-state index is 5.89. The first-order chi connectivity index (χ1) is 7.63. The molecule has 0 aliphatic heterocycles. The van der Waals surface area contributed by atoms with Crippen molar-refractivity contribution in [2.75, 3.05) is 18.8 Å². The topological polar surface area (TPSA) is 50.9 Å². The lowest BCUT2D eigenvalue weighted by Crippen LogP contribution is -2.23. The van der Waals surface area contributed by atoms with Crippen molar-refractivity contribution in [3.63, 3.8) is 0 Å². The van der Waals surface area contributed by atoms with Crippen LogP contribution in [-0.4, -0.2) is 18.1 Å². The van der Waals surface area contributed by atoms with Gasteiger partial charge in [-0.05, 0) is 43.5 Å². The highest BCUT2D eigenvalue weighted by atomic mass is 35.5. The summed E-state index contributed by atoms with van der Waals surface area (Å²) in [6, 6.07) is 1.90. The number of halogens is 1. The smallest absolute Gasteiger partial charge is 0.126 e. The molecule has 0 bridgehead atoms. The summed E-state index contributed by atoms with van der Waals surface area (Å²) in [6.07, 6.45) is 3.66. The van der Waals surface area contributed by atoms with Gasteiger partial charge in [0, 0.05) is 6.20 Å². The molecule has 16 heavy (non-hydrogen) atoms. The number of nitrogens with one attached hydrogen (secondary N) is 1. The molecule has 1 unspecified atom stereocenters. The fourth-order valence-electron chi connectivity index (χ4n) is 1.63. The van der Waals surface area contributed by atoms with Crippen molar-refractivity contribution in [1.29, 1.82) is 0 Å². The summed E-state index contributed by atoms with van der Waals surface area (Å²) in [6.45, 7) is 6.42. The van der Waals surface area contributed by atoms with Crippen molar-refractivity contribution in [2.24, 2.45) is 5.92 Å². The van der Waals surface area contributed by atoms with Crippen LogP contribution in [-0.2, 0) is 6.42 Å². The average molecular weight is 242 g/mol. The Kier molecular flexibility index (Phi) is 5.56. The van der Waals surface area contributed by atoms with Gasteiger partial charge in [0.1, 0.15) is 5.82 Å². The average Bonchev–Trinajstić information content (AvgIpc) is 2.24. The summed E-state index contributed by atoms with van der Waals surface area (Å²) < 4.78 is 0. The van der Waals surface area contributed by atoms with Gasteiger partial charge in [-0.25, -0.2) is 4.98 Å². The SMILES string of the molecule is CCCNCC(C)Cc1cc(Cl)cnc1N. The molecule has 0 aliphatic rings. The monoisotopic (exact) mass is 241 g/mol. The summed E-state index contributed by atoms with van der Waals surface area (Å²) in [5.74, 6) is 1.13. The minimum Gasteiger partial charge on any atom is -0.383 e. The van der Waals surface area contributed by atoms with Gasteiger partial charge in [0.2, 0.25) is 0 Å². The lowest BCUT2D eigenvalue weighted by Gasteiger charge is -2.13. The molecule has 3 nitrogen and oxygen atoms in total. The molecular formula is C12H20ClN3. The summed E-state index contributed by atoms with van der Waals surface area (Å²) in [4.78, 5) is 4.05. The zero-order valence-electron chi connectivity index (χ0n) is 9.96. The van der Waals surface area contributed by atoms with Crippen LogP contribution in [0.25, 0.3) is 0 Å². The van der Waals surface area contributed by atoms with E-state index in [9.17, 15) is 0 Å². The second-order valence-corrected chi connectivity index (χ2v) is 4.65. The third kappa shape index (κ3) is 4.37. The van der Waals surface area contributed by atoms with Gasteiger partial charge in [-0.15, -0.1) is 0 Å². The van der Waals surface area contributed by atoms with Crippen molar-refractivity contribution >= 4 is 17.4 Å². The summed E-state index contributed by atoms with van der Waals surface area (Å²) >= 11 is 5.89. The predicted molar refractivity (Wildman–Crippen MR) is 69.7 cm³/mol. The minimum absolute atomic E-state index is 0.536. The fourth-order valence-corrected chi connectivity index (χ4v) is 1.81. The molecule has 1 aromatic rings.